The van der Waals surface area contributed by atoms with Gasteiger partial charge in [0.1, 0.15) is 0 Å². The van der Waals surface area contributed by atoms with Gasteiger partial charge in [-0.05, 0) is 0 Å². The van der Waals surface area contributed by atoms with E-state index in [1.165, 1.54) is 0 Å². The largest absolute Gasteiger partial charge is 2.00 e. The van der Waals surface area contributed by atoms with Gasteiger partial charge in [0.2, 0.25) is 0 Å². The Morgan fingerprint density at radius 3 is 1.00 bits per heavy atom. The van der Waals surface area contributed by atoms with E-state index in [4.69, 9.17) is 10.8 Å². The summed E-state index contributed by atoms with van der Waals surface area (Å²) in [6.07, 6.45) is 0. The first kappa shape index (κ1) is 15.7. The molecule has 2 nitrogen and oxygen atoms in total. The maximum absolute atomic E-state index is 7.26. The molecule has 32 valence electrons. The van der Waals surface area contributed by atoms with E-state index in [1.54, 1.807) is 9.43 Å². The molecule has 0 N–H and O–H groups in total. The third kappa shape index (κ3) is 235. The van der Waals surface area contributed by atoms with E-state index in [0.29, 0.717) is 0 Å². The van der Waals surface area contributed by atoms with E-state index in [9.17, 15) is 0 Å². The van der Waals surface area contributed by atoms with Crippen molar-refractivity contribution in [3.05, 3.63) is 10.8 Å². The molecule has 0 atom stereocenters. The van der Waals surface area contributed by atoms with Crippen molar-refractivity contribution in [1.82, 2.24) is 0 Å². The fourth-order valence-electron chi connectivity index (χ4n) is 0. The summed E-state index contributed by atoms with van der Waals surface area (Å²) in [7, 11) is 0. The second-order valence-corrected chi connectivity index (χ2v) is 0.949. The third-order valence-electron chi connectivity index (χ3n) is 0. The molecule has 5 heteroatoms. The van der Waals surface area contributed by atoms with Gasteiger partial charge < -0.3 is 0 Å². The monoisotopic (exact) mass is 276 g/mol. The minimum Gasteiger partial charge on any atom is 2.00 e. The quantitative estimate of drug-likeness (QED) is 0.413. The summed E-state index contributed by atoms with van der Waals surface area (Å²) in [6.45, 7) is 0. The van der Waals surface area contributed by atoms with Crippen LogP contribution in [0.2, 0.25) is 0 Å². The minimum atomic E-state index is 0. The Morgan fingerprint density at radius 1 is 1.00 bits per heavy atom. The van der Waals surface area contributed by atoms with Gasteiger partial charge in [0.15, 0.2) is 0 Å². The molecule has 0 saturated carbocycles. The van der Waals surface area contributed by atoms with Gasteiger partial charge in [-0.15, -0.1) is 0 Å². The van der Waals surface area contributed by atoms with Crippen LogP contribution in [0, 0.1) is 0 Å². The average molecular weight is 275 g/mol. The molecule has 0 aromatic carbocycles. The van der Waals surface area contributed by atoms with Gasteiger partial charge in [0.25, 0.3) is 0 Å². The van der Waals surface area contributed by atoms with E-state index in [0.717, 1.165) is 0 Å². The molecule has 0 aromatic rings. The van der Waals surface area contributed by atoms with Crippen LogP contribution >= 0.6 is 0 Å². The molecule has 0 saturated heterocycles. The van der Waals surface area contributed by atoms with Gasteiger partial charge >= 0.3 is 70.9 Å². The molecular weight excluding hydrogens is 275 g/mol. The fraction of sp³-hybridized carbons (Fsp3) is 0. The second kappa shape index (κ2) is 29.0. The Labute approximate surface area is 70.6 Å². The molecule has 0 fully saturated rings. The van der Waals surface area contributed by atoms with Crippen molar-refractivity contribution < 1.29 is 19.5 Å². The van der Waals surface area contributed by atoms with Crippen LogP contribution in [0.3, 0.4) is 0 Å². The van der Waals surface area contributed by atoms with Crippen molar-refractivity contribution in [2.45, 2.75) is 0 Å². The van der Waals surface area contributed by atoms with Crippen LogP contribution in [0.25, 0.3) is 10.8 Å². The van der Waals surface area contributed by atoms with Crippen molar-refractivity contribution in [3.8, 4) is 0 Å². The van der Waals surface area contributed by atoms with Crippen molar-refractivity contribution in [2.24, 2.45) is 0 Å². The standard InChI is InChI=1S/2CNSe.Zn/c2*2-1-3;/q2*-1;+2. The van der Waals surface area contributed by atoms with Crippen LogP contribution in [0.5, 0.6) is 0 Å². The van der Waals surface area contributed by atoms with Crippen LogP contribution in [0.1, 0.15) is 0 Å². The summed E-state index contributed by atoms with van der Waals surface area (Å²) in [5.74, 6) is 0. The number of rotatable bonds is 0. The molecule has 0 unspecified atom stereocenters. The summed E-state index contributed by atoms with van der Waals surface area (Å²) in [5.41, 5.74) is 0. The maximum atomic E-state index is 7.26. The first-order valence-corrected chi connectivity index (χ1v) is 2.57. The normalized spacial score (nSPS) is 2.29. The van der Waals surface area contributed by atoms with Gasteiger partial charge in [-0.25, -0.2) is 0 Å². The van der Waals surface area contributed by atoms with Crippen molar-refractivity contribution in [3.63, 3.8) is 0 Å². The number of nitrogens with zero attached hydrogens (tertiary/aromatic N) is 2. The van der Waals surface area contributed by atoms with Gasteiger partial charge in [-0.3, -0.25) is 0 Å². The predicted octanol–water partition coefficient (Wildman–Crippen LogP) is -0.743. The number of hydrogen-bond donors (Lipinski definition) is 0. The van der Waals surface area contributed by atoms with E-state index >= 15 is 0 Å². The fourth-order valence-corrected chi connectivity index (χ4v) is 0. The molecule has 0 spiro atoms. The zero-order valence-electron chi connectivity index (χ0n) is 3.42. The molecule has 0 bridgehead atoms. The molecule has 7 heavy (non-hydrogen) atoms. The van der Waals surface area contributed by atoms with Crippen molar-refractivity contribution in [1.29, 1.82) is 0 Å². The SMILES string of the molecule is [N-]=C=[Se].[N-]=C=[Se].[Zn+2]. The molecule has 0 radical (unpaired) electrons. The summed E-state index contributed by atoms with van der Waals surface area (Å²) < 4.78 is 3.25. The average Bonchev–Trinajstić information content (AvgIpc) is 1.39. The first-order chi connectivity index (χ1) is 2.83. The van der Waals surface area contributed by atoms with E-state index in [2.05, 4.69) is 31.2 Å². The predicted molar refractivity (Wildman–Crippen MR) is 28.2 cm³/mol. The first-order valence-electron chi connectivity index (χ1n) is 0.855. The van der Waals surface area contributed by atoms with E-state index in [-0.39, 0.29) is 19.5 Å². The molecular formula is C2N2Se2Zn. The molecule has 0 aromatic heterocycles. The number of hydrogen-bond acceptors (Lipinski definition) is 0. The maximum Gasteiger partial charge on any atom is 2.00 e. The minimum absolute atomic E-state index is 0. The molecule has 0 rings (SSSR count). The summed E-state index contributed by atoms with van der Waals surface area (Å²) >= 11 is 4.22. The molecule has 0 amide bonds. The Bertz CT molecular complexity index is 67.7. The van der Waals surface area contributed by atoms with E-state index < -0.39 is 0 Å². The Morgan fingerprint density at radius 2 is 1.00 bits per heavy atom. The van der Waals surface area contributed by atoms with Gasteiger partial charge in [0, 0.05) is 0 Å². The summed E-state index contributed by atoms with van der Waals surface area (Å²) in [4.78, 5) is 0. The van der Waals surface area contributed by atoms with Gasteiger partial charge in [-0.1, -0.05) is 0 Å². The summed E-state index contributed by atoms with van der Waals surface area (Å²) in [5, 5.41) is 14.5. The molecule has 0 heterocycles. The van der Waals surface area contributed by atoms with Crippen LogP contribution in [0.4, 0.5) is 0 Å². The van der Waals surface area contributed by atoms with Crippen LogP contribution in [-0.2, 0) is 19.5 Å². The van der Waals surface area contributed by atoms with Crippen LogP contribution in [-0.4, -0.2) is 40.6 Å². The Kier molecular flexibility index (Phi) is 64.9. The van der Waals surface area contributed by atoms with Crippen LogP contribution in [0.15, 0.2) is 0 Å². The zero-order valence-corrected chi connectivity index (χ0v) is 9.81. The van der Waals surface area contributed by atoms with Crippen molar-refractivity contribution >= 4 is 40.6 Å². The van der Waals surface area contributed by atoms with Gasteiger partial charge in [-0.2, -0.15) is 0 Å². The Balaban J connectivity index is -0.0000000400. The Hall–Kier alpha value is 0.822. The molecule has 0 aliphatic heterocycles. The topological polar surface area (TPSA) is 44.6 Å². The molecule has 0 aliphatic carbocycles. The molecule has 0 aliphatic rings. The third-order valence-corrected chi connectivity index (χ3v) is 0. The smallest absolute Gasteiger partial charge is 2.00 e. The van der Waals surface area contributed by atoms with E-state index in [1.807, 2.05) is 0 Å². The van der Waals surface area contributed by atoms with Crippen LogP contribution < -0.4 is 0 Å². The van der Waals surface area contributed by atoms with Crippen molar-refractivity contribution in [2.75, 3.05) is 0 Å². The second-order valence-electron chi connectivity index (χ2n) is 0.183. The van der Waals surface area contributed by atoms with Gasteiger partial charge in [0.05, 0.1) is 0 Å². The summed E-state index contributed by atoms with van der Waals surface area (Å²) in [6, 6.07) is 0. The zero-order chi connectivity index (χ0) is 5.41.